The third-order valence-electron chi connectivity index (χ3n) is 4.43. The molecule has 2 aromatic carbocycles. The number of anilines is 1. The Morgan fingerprint density at radius 1 is 1.16 bits per heavy atom. The van der Waals surface area contributed by atoms with Crippen molar-refractivity contribution in [2.24, 2.45) is 0 Å². The van der Waals surface area contributed by atoms with Crippen molar-refractivity contribution in [3.8, 4) is 0 Å². The first-order valence-electron chi connectivity index (χ1n) is 8.48. The number of hydrogen-bond donors (Lipinski definition) is 1. The Morgan fingerprint density at radius 3 is 2.68 bits per heavy atom. The quantitative estimate of drug-likeness (QED) is 0.853. The summed E-state index contributed by atoms with van der Waals surface area (Å²) in [4.78, 5) is 26.9. The third kappa shape index (κ3) is 4.10. The lowest BCUT2D eigenvalue weighted by molar-refractivity contribution is -0.126. The number of para-hydroxylation sites is 1. The van der Waals surface area contributed by atoms with Gasteiger partial charge in [0, 0.05) is 16.7 Å². The Labute approximate surface area is 156 Å². The lowest BCUT2D eigenvalue weighted by atomic mass is 10.0. The summed E-state index contributed by atoms with van der Waals surface area (Å²) in [6, 6.07) is 15.0. The lowest BCUT2D eigenvalue weighted by Crippen LogP contribution is -2.49. The number of amides is 2. The third-order valence-corrected chi connectivity index (χ3v) is 5.21. The second-order valence-corrected chi connectivity index (χ2v) is 7.13. The van der Waals surface area contributed by atoms with Crippen LogP contribution in [0.25, 0.3) is 0 Å². The van der Waals surface area contributed by atoms with Gasteiger partial charge in [0.2, 0.25) is 11.8 Å². The zero-order chi connectivity index (χ0) is 17.8. The fraction of sp³-hybridized carbons (Fsp3) is 0.300. The van der Waals surface area contributed by atoms with E-state index >= 15 is 0 Å². The van der Waals surface area contributed by atoms with Gasteiger partial charge in [-0.2, -0.15) is 0 Å². The van der Waals surface area contributed by atoms with E-state index in [9.17, 15) is 9.59 Å². The van der Waals surface area contributed by atoms with Crippen molar-refractivity contribution >= 4 is 33.4 Å². The van der Waals surface area contributed by atoms with Crippen molar-refractivity contribution in [2.75, 3.05) is 11.4 Å². The summed E-state index contributed by atoms with van der Waals surface area (Å²) in [6.07, 6.45) is 2.18. The number of hydrogen-bond acceptors (Lipinski definition) is 2. The van der Waals surface area contributed by atoms with Crippen molar-refractivity contribution in [2.45, 2.75) is 32.2 Å². The first kappa shape index (κ1) is 17.7. The van der Waals surface area contributed by atoms with E-state index in [1.54, 1.807) is 11.8 Å². The SMILES string of the molecule is C[C@H](NC(=O)Cc1ccccc1Br)C(=O)N1CCCc2ccccc21. The van der Waals surface area contributed by atoms with Crippen molar-refractivity contribution < 1.29 is 9.59 Å². The van der Waals surface area contributed by atoms with Crippen LogP contribution in [0.5, 0.6) is 0 Å². The molecule has 0 aromatic heterocycles. The molecule has 0 saturated carbocycles. The Hall–Kier alpha value is -2.14. The lowest BCUT2D eigenvalue weighted by Gasteiger charge is -2.31. The van der Waals surface area contributed by atoms with Gasteiger partial charge in [0.25, 0.3) is 0 Å². The minimum Gasteiger partial charge on any atom is -0.344 e. The van der Waals surface area contributed by atoms with Gasteiger partial charge in [0.1, 0.15) is 6.04 Å². The average molecular weight is 401 g/mol. The normalized spacial score (nSPS) is 14.6. The summed E-state index contributed by atoms with van der Waals surface area (Å²) >= 11 is 3.45. The number of halogens is 1. The molecule has 5 heteroatoms. The van der Waals surface area contributed by atoms with Crippen LogP contribution in [-0.4, -0.2) is 24.4 Å². The van der Waals surface area contributed by atoms with Crippen LogP contribution in [0.3, 0.4) is 0 Å². The van der Waals surface area contributed by atoms with E-state index in [0.717, 1.165) is 28.6 Å². The van der Waals surface area contributed by atoms with E-state index in [1.807, 2.05) is 42.5 Å². The van der Waals surface area contributed by atoms with Gasteiger partial charge in [-0.1, -0.05) is 52.3 Å². The molecule has 0 aliphatic carbocycles. The van der Waals surface area contributed by atoms with Gasteiger partial charge in [-0.25, -0.2) is 0 Å². The van der Waals surface area contributed by atoms with Crippen LogP contribution < -0.4 is 10.2 Å². The zero-order valence-electron chi connectivity index (χ0n) is 14.2. The second kappa shape index (κ2) is 7.83. The molecule has 1 aliphatic heterocycles. The van der Waals surface area contributed by atoms with Crippen LogP contribution in [0.1, 0.15) is 24.5 Å². The molecule has 0 bridgehead atoms. The molecular formula is C20H21BrN2O2. The van der Waals surface area contributed by atoms with Crippen LogP contribution in [-0.2, 0) is 22.4 Å². The van der Waals surface area contributed by atoms with Gasteiger partial charge in [0.15, 0.2) is 0 Å². The monoisotopic (exact) mass is 400 g/mol. The predicted octanol–water partition coefficient (Wildman–Crippen LogP) is 3.48. The second-order valence-electron chi connectivity index (χ2n) is 6.28. The molecule has 130 valence electrons. The standard InChI is InChI=1S/C20H21BrN2O2/c1-14(22-19(24)13-16-8-2-4-10-17(16)21)20(25)23-12-6-9-15-7-3-5-11-18(15)23/h2-5,7-8,10-11,14H,6,9,12-13H2,1H3,(H,22,24)/t14-/m0/s1. The summed E-state index contributed by atoms with van der Waals surface area (Å²) in [5, 5.41) is 2.83. The summed E-state index contributed by atoms with van der Waals surface area (Å²) in [5.41, 5.74) is 3.06. The molecule has 2 aromatic rings. The Kier molecular flexibility index (Phi) is 5.53. The first-order valence-corrected chi connectivity index (χ1v) is 9.27. The molecule has 25 heavy (non-hydrogen) atoms. The van der Waals surface area contributed by atoms with Gasteiger partial charge in [0.05, 0.1) is 6.42 Å². The number of rotatable bonds is 4. The van der Waals surface area contributed by atoms with E-state index in [2.05, 4.69) is 27.3 Å². The predicted molar refractivity (Wildman–Crippen MR) is 103 cm³/mol. The summed E-state index contributed by atoms with van der Waals surface area (Å²) in [5.74, 6) is -0.217. The van der Waals surface area contributed by atoms with Crippen LogP contribution in [0, 0.1) is 0 Å². The number of nitrogens with zero attached hydrogens (tertiary/aromatic N) is 1. The van der Waals surface area contributed by atoms with Crippen LogP contribution in [0.4, 0.5) is 5.69 Å². The van der Waals surface area contributed by atoms with Gasteiger partial charge in [-0.05, 0) is 43.0 Å². The van der Waals surface area contributed by atoms with Gasteiger partial charge in [-0.3, -0.25) is 9.59 Å². The molecule has 0 unspecified atom stereocenters. The number of carbonyl (C=O) groups is 2. The highest BCUT2D eigenvalue weighted by atomic mass is 79.9. The van der Waals surface area contributed by atoms with E-state index < -0.39 is 6.04 Å². The molecule has 1 atom stereocenters. The van der Waals surface area contributed by atoms with Crippen LogP contribution in [0.15, 0.2) is 53.0 Å². The molecule has 0 fully saturated rings. The Bertz CT molecular complexity index is 791. The molecule has 2 amide bonds. The first-order chi connectivity index (χ1) is 12.1. The maximum absolute atomic E-state index is 12.8. The Morgan fingerprint density at radius 2 is 1.88 bits per heavy atom. The van der Waals surface area contributed by atoms with E-state index in [-0.39, 0.29) is 18.2 Å². The minimum atomic E-state index is -0.554. The van der Waals surface area contributed by atoms with Gasteiger partial charge < -0.3 is 10.2 Å². The van der Waals surface area contributed by atoms with Crippen molar-refractivity contribution in [1.29, 1.82) is 0 Å². The minimum absolute atomic E-state index is 0.0624. The van der Waals surface area contributed by atoms with E-state index in [0.29, 0.717) is 6.54 Å². The molecule has 0 radical (unpaired) electrons. The van der Waals surface area contributed by atoms with Gasteiger partial charge >= 0.3 is 0 Å². The number of aryl methyl sites for hydroxylation is 1. The number of carbonyl (C=O) groups excluding carboxylic acids is 2. The highest BCUT2D eigenvalue weighted by Gasteiger charge is 2.27. The largest absolute Gasteiger partial charge is 0.344 e. The van der Waals surface area contributed by atoms with E-state index in [1.165, 1.54) is 5.56 Å². The molecule has 4 nitrogen and oxygen atoms in total. The zero-order valence-corrected chi connectivity index (χ0v) is 15.8. The maximum Gasteiger partial charge on any atom is 0.249 e. The summed E-state index contributed by atoms with van der Waals surface area (Å²) in [7, 11) is 0. The highest BCUT2D eigenvalue weighted by Crippen LogP contribution is 2.27. The smallest absolute Gasteiger partial charge is 0.249 e. The molecule has 3 rings (SSSR count). The van der Waals surface area contributed by atoms with Crippen molar-refractivity contribution in [1.82, 2.24) is 5.32 Å². The fourth-order valence-electron chi connectivity index (χ4n) is 3.17. The van der Waals surface area contributed by atoms with Crippen LogP contribution in [0.2, 0.25) is 0 Å². The number of fused-ring (bicyclic) bond motifs is 1. The number of benzene rings is 2. The molecule has 1 heterocycles. The Balaban J connectivity index is 1.65. The van der Waals surface area contributed by atoms with Crippen molar-refractivity contribution in [3.63, 3.8) is 0 Å². The molecule has 1 aliphatic rings. The highest BCUT2D eigenvalue weighted by molar-refractivity contribution is 9.10. The summed E-state index contributed by atoms with van der Waals surface area (Å²) in [6.45, 7) is 2.44. The summed E-state index contributed by atoms with van der Waals surface area (Å²) < 4.78 is 0.897. The van der Waals surface area contributed by atoms with E-state index in [4.69, 9.17) is 0 Å². The maximum atomic E-state index is 12.8. The molecule has 0 saturated heterocycles. The number of nitrogens with one attached hydrogen (secondary N) is 1. The van der Waals surface area contributed by atoms with Crippen LogP contribution >= 0.6 is 15.9 Å². The topological polar surface area (TPSA) is 49.4 Å². The van der Waals surface area contributed by atoms with Gasteiger partial charge in [-0.15, -0.1) is 0 Å². The van der Waals surface area contributed by atoms with Crippen molar-refractivity contribution in [3.05, 3.63) is 64.1 Å². The average Bonchev–Trinajstić information content (AvgIpc) is 2.62. The molecular weight excluding hydrogens is 380 g/mol. The molecule has 0 spiro atoms. The fourth-order valence-corrected chi connectivity index (χ4v) is 3.59. The molecule has 1 N–H and O–H groups in total.